The first-order chi connectivity index (χ1) is 5.33. The maximum atomic E-state index is 10.3. The molecule has 0 aromatic rings. The van der Waals surface area contributed by atoms with Crippen molar-refractivity contribution < 1.29 is 73.7 Å². The average Bonchev–Trinajstić information content (AvgIpc) is 2.02. The second-order valence-electron chi connectivity index (χ2n) is 1.67. The Kier molecular flexibility index (Phi) is 11.8. The van der Waals surface area contributed by atoms with Crippen molar-refractivity contribution in [1.82, 2.24) is 0 Å². The molecule has 0 spiro atoms. The van der Waals surface area contributed by atoms with E-state index in [0.717, 1.165) is 0 Å². The van der Waals surface area contributed by atoms with Crippen LogP contribution < -0.4 is 37.7 Å². The van der Waals surface area contributed by atoms with Gasteiger partial charge in [-0.3, -0.25) is 0 Å². The van der Waals surface area contributed by atoms with Crippen LogP contribution in [0.3, 0.4) is 0 Å². The summed E-state index contributed by atoms with van der Waals surface area (Å²) in [6.07, 6.45) is 0. The van der Waals surface area contributed by atoms with Crippen LogP contribution in [0.4, 0.5) is 0 Å². The van der Waals surface area contributed by atoms with Crippen molar-refractivity contribution in [1.29, 1.82) is 0 Å². The van der Waals surface area contributed by atoms with Gasteiger partial charge in [0.25, 0.3) is 20.2 Å². The van der Waals surface area contributed by atoms with Crippen LogP contribution in [-0.4, -0.2) is 38.9 Å². The van der Waals surface area contributed by atoms with Crippen molar-refractivity contribution >= 4 is 20.2 Å². The third-order valence-corrected chi connectivity index (χ3v) is 2.93. The van der Waals surface area contributed by atoms with Crippen LogP contribution in [0.2, 0.25) is 0 Å². The van der Waals surface area contributed by atoms with Gasteiger partial charge in [0.15, 0.2) is 0 Å². The van der Waals surface area contributed by atoms with Crippen molar-refractivity contribution in [3.8, 4) is 0 Å². The van der Waals surface area contributed by atoms with Crippen LogP contribution >= 0.6 is 0 Å². The normalized spacial score (nSPS) is 11.3. The third kappa shape index (κ3) is 9.49. The molecule has 0 bridgehead atoms. The molecule has 0 aromatic heterocycles. The summed E-state index contributed by atoms with van der Waals surface area (Å²) >= 11 is 0. The molecular formula is C2H6Li2O8S2+2. The first-order valence-electron chi connectivity index (χ1n) is 2.44. The van der Waals surface area contributed by atoms with E-state index in [-0.39, 0.29) is 37.7 Å². The number of hydrogen-bond donors (Lipinski definition) is 2. The summed E-state index contributed by atoms with van der Waals surface area (Å²) in [6, 6.07) is 0. The van der Waals surface area contributed by atoms with Crippen molar-refractivity contribution in [2.45, 2.75) is 0 Å². The fraction of sp³-hybridized carbons (Fsp3) is 1.00. The fourth-order valence-corrected chi connectivity index (χ4v) is 2.06. The minimum atomic E-state index is -4.28. The van der Waals surface area contributed by atoms with Crippen LogP contribution in [0, 0.1) is 0 Å². The molecule has 2 N–H and O–H groups in total. The van der Waals surface area contributed by atoms with Gasteiger partial charge in [-0.25, -0.2) is 10.5 Å². The van der Waals surface area contributed by atoms with Crippen molar-refractivity contribution in [3.05, 3.63) is 0 Å². The van der Waals surface area contributed by atoms with Gasteiger partial charge in [0.05, 0.1) is 11.5 Å². The molecule has 0 atom stereocenters. The van der Waals surface area contributed by atoms with E-state index < -0.39 is 31.7 Å². The second-order valence-corrected chi connectivity index (χ2v) is 5.02. The Balaban J connectivity index is -0.000000605. The van der Waals surface area contributed by atoms with Crippen molar-refractivity contribution in [2.75, 3.05) is 11.5 Å². The third-order valence-electron chi connectivity index (χ3n) is 0.810. The Morgan fingerprint density at radius 1 is 0.786 bits per heavy atom. The molecule has 74 valence electrons. The minimum Gasteiger partial charge on any atom is -0.235 e. The summed E-state index contributed by atoms with van der Waals surface area (Å²) < 4.78 is 47.0. The monoisotopic (exact) mass is 236 g/mol. The van der Waals surface area contributed by atoms with Gasteiger partial charge in [0, 0.05) is 0 Å². The molecule has 0 aliphatic heterocycles. The first-order valence-corrected chi connectivity index (χ1v) is 5.60. The molecule has 0 fully saturated rings. The zero-order chi connectivity index (χ0) is 9.83. The molecule has 0 heterocycles. The first kappa shape index (κ1) is 20.4. The standard InChI is InChI=1S/C2H6O8S2.2Li/c3-9-11(5,6)1-2-12(7,8)10-4;;/h3-4H,1-2H2;;/q;2*+1. The molecule has 14 heavy (non-hydrogen) atoms. The van der Waals surface area contributed by atoms with Gasteiger partial charge >= 0.3 is 37.7 Å². The van der Waals surface area contributed by atoms with Gasteiger partial charge in [-0.2, -0.15) is 16.8 Å². The summed E-state index contributed by atoms with van der Waals surface area (Å²) in [5, 5.41) is 15.4. The summed E-state index contributed by atoms with van der Waals surface area (Å²) in [4.78, 5) is 0. The van der Waals surface area contributed by atoms with Crippen LogP contribution in [-0.2, 0) is 28.9 Å². The molecule has 0 amide bonds. The van der Waals surface area contributed by atoms with Crippen LogP contribution in [0.5, 0.6) is 0 Å². The smallest absolute Gasteiger partial charge is 0.235 e. The van der Waals surface area contributed by atoms with Gasteiger partial charge in [-0.05, 0) is 0 Å². The van der Waals surface area contributed by atoms with Gasteiger partial charge in [0.2, 0.25) is 0 Å². The van der Waals surface area contributed by atoms with Gasteiger partial charge in [-0.1, -0.05) is 0 Å². The molecule has 0 saturated carbocycles. The molecule has 0 radical (unpaired) electrons. The summed E-state index contributed by atoms with van der Waals surface area (Å²) in [5.41, 5.74) is 0. The molecule has 8 nitrogen and oxygen atoms in total. The summed E-state index contributed by atoms with van der Waals surface area (Å²) in [7, 11) is -8.56. The fourth-order valence-electron chi connectivity index (χ4n) is 0.279. The van der Waals surface area contributed by atoms with E-state index in [1.54, 1.807) is 0 Å². The van der Waals surface area contributed by atoms with Gasteiger partial charge in [-0.15, -0.1) is 8.67 Å². The predicted octanol–water partition coefficient (Wildman–Crippen LogP) is -7.37. The summed E-state index contributed by atoms with van der Waals surface area (Å²) in [6.45, 7) is 0. The van der Waals surface area contributed by atoms with E-state index in [2.05, 4.69) is 8.67 Å². The quantitative estimate of drug-likeness (QED) is 0.274. The van der Waals surface area contributed by atoms with E-state index in [9.17, 15) is 16.8 Å². The molecular weight excluding hydrogens is 230 g/mol. The SMILES string of the molecule is O=S(=O)(CCS(=O)(=O)OO)OO.[Li+].[Li+]. The molecule has 0 aliphatic rings. The molecule has 0 saturated heterocycles. The Labute approximate surface area is 105 Å². The number of rotatable bonds is 5. The summed E-state index contributed by atoms with van der Waals surface area (Å²) in [5.74, 6) is -2.02. The van der Waals surface area contributed by atoms with Gasteiger partial charge in [0.1, 0.15) is 0 Å². The van der Waals surface area contributed by atoms with Crippen LogP contribution in [0.1, 0.15) is 0 Å². The van der Waals surface area contributed by atoms with E-state index >= 15 is 0 Å². The maximum absolute atomic E-state index is 10.3. The Hall–Kier alpha value is 0.935. The Morgan fingerprint density at radius 3 is 1.14 bits per heavy atom. The van der Waals surface area contributed by atoms with Crippen LogP contribution in [0.25, 0.3) is 0 Å². The molecule has 12 heteroatoms. The Morgan fingerprint density at radius 2 is 1.00 bits per heavy atom. The number of hydrogen-bond acceptors (Lipinski definition) is 8. The molecule has 0 aromatic carbocycles. The second kappa shape index (κ2) is 8.13. The largest absolute Gasteiger partial charge is 1.00 e. The Bertz CT molecular complexity index is 283. The minimum absolute atomic E-state index is 0. The molecule has 0 unspecified atom stereocenters. The van der Waals surface area contributed by atoms with Crippen molar-refractivity contribution in [3.63, 3.8) is 0 Å². The zero-order valence-corrected chi connectivity index (χ0v) is 9.21. The predicted molar refractivity (Wildman–Crippen MR) is 35.0 cm³/mol. The average molecular weight is 236 g/mol. The van der Waals surface area contributed by atoms with E-state index in [4.69, 9.17) is 10.5 Å². The zero-order valence-electron chi connectivity index (χ0n) is 7.57. The van der Waals surface area contributed by atoms with E-state index in [1.807, 2.05) is 0 Å². The van der Waals surface area contributed by atoms with E-state index in [0.29, 0.717) is 0 Å². The molecule has 0 aliphatic carbocycles. The molecule has 0 rings (SSSR count). The van der Waals surface area contributed by atoms with Crippen LogP contribution in [0.15, 0.2) is 0 Å². The van der Waals surface area contributed by atoms with Gasteiger partial charge < -0.3 is 0 Å². The maximum Gasteiger partial charge on any atom is 1.00 e. The van der Waals surface area contributed by atoms with E-state index in [1.165, 1.54) is 0 Å². The van der Waals surface area contributed by atoms with Crippen molar-refractivity contribution in [2.24, 2.45) is 0 Å². The topological polar surface area (TPSA) is 127 Å².